The topological polar surface area (TPSA) is 101 Å². The highest BCUT2D eigenvalue weighted by Crippen LogP contribution is 2.13. The quantitative estimate of drug-likeness (QED) is 0.699. The maximum atomic E-state index is 11.8. The number of aromatic amines is 1. The van der Waals surface area contributed by atoms with Gasteiger partial charge in [-0.1, -0.05) is 13.8 Å². The van der Waals surface area contributed by atoms with Crippen molar-refractivity contribution in [2.45, 2.75) is 31.9 Å². The monoisotopic (exact) mass is 272 g/mol. The average Bonchev–Trinajstić information content (AvgIpc) is 2.69. The summed E-state index contributed by atoms with van der Waals surface area (Å²) in [7, 11) is -0.869. The lowest BCUT2D eigenvalue weighted by Crippen LogP contribution is -2.28. The molecule has 2 atom stereocenters. The molecule has 1 aromatic heterocycles. The van der Waals surface area contributed by atoms with Crippen LogP contribution in [-0.4, -0.2) is 38.4 Å². The van der Waals surface area contributed by atoms with Crippen LogP contribution in [-0.2, 0) is 17.2 Å². The first-order valence-electron chi connectivity index (χ1n) is 5.90. The van der Waals surface area contributed by atoms with Gasteiger partial charge >= 0.3 is 0 Å². The first kappa shape index (κ1) is 14.7. The van der Waals surface area contributed by atoms with Gasteiger partial charge in [0.15, 0.2) is 5.69 Å². The Morgan fingerprint density at radius 1 is 1.61 bits per heavy atom. The number of nitrogens with one attached hydrogen (secondary N) is 2. The van der Waals surface area contributed by atoms with Crippen LogP contribution in [0.25, 0.3) is 0 Å². The number of nitrogens with two attached hydrogens (primary N) is 1. The number of amides is 1. The van der Waals surface area contributed by atoms with Gasteiger partial charge in [-0.15, -0.1) is 0 Å². The normalized spacial score (nSPS) is 14.2. The van der Waals surface area contributed by atoms with Crippen LogP contribution < -0.4 is 11.1 Å². The number of anilines is 1. The molecule has 0 fully saturated rings. The Kier molecular flexibility index (Phi) is 5.33. The molecule has 0 aliphatic heterocycles. The number of carbonyl (C=O) groups excluding carboxylic acids is 1. The summed E-state index contributed by atoms with van der Waals surface area (Å²) in [5.41, 5.74) is 7.20. The molecular formula is C11H20N4O2S. The summed E-state index contributed by atoms with van der Waals surface area (Å²) in [6, 6.07) is 0. The standard InChI is InChI=1S/C11H20N4O2S/c1-4-8-9(12)10(15-14-8)11(16)13-6-5-7(2)18(3)17/h7H,4-6,12H2,1-3H3,(H,13,16)(H,14,15). The van der Waals surface area contributed by atoms with Gasteiger partial charge in [0.2, 0.25) is 0 Å². The number of H-pyrrole nitrogens is 1. The van der Waals surface area contributed by atoms with Crippen molar-refractivity contribution in [2.75, 3.05) is 18.5 Å². The Bertz CT molecular complexity index is 444. The summed E-state index contributed by atoms with van der Waals surface area (Å²) in [5, 5.41) is 9.42. The van der Waals surface area contributed by atoms with E-state index in [1.807, 2.05) is 13.8 Å². The van der Waals surface area contributed by atoms with E-state index < -0.39 is 10.8 Å². The number of rotatable bonds is 6. The number of aryl methyl sites for hydroxylation is 1. The Morgan fingerprint density at radius 2 is 2.28 bits per heavy atom. The van der Waals surface area contributed by atoms with Crippen molar-refractivity contribution in [3.63, 3.8) is 0 Å². The molecule has 4 N–H and O–H groups in total. The summed E-state index contributed by atoms with van der Waals surface area (Å²) < 4.78 is 11.1. The van der Waals surface area contributed by atoms with E-state index in [4.69, 9.17) is 5.73 Å². The Labute approximate surface area is 109 Å². The Hall–Kier alpha value is -1.37. The minimum absolute atomic E-state index is 0.0630. The van der Waals surface area contributed by atoms with E-state index in [-0.39, 0.29) is 16.9 Å². The smallest absolute Gasteiger partial charge is 0.273 e. The highest BCUT2D eigenvalue weighted by molar-refractivity contribution is 7.84. The molecule has 0 spiro atoms. The summed E-state index contributed by atoms with van der Waals surface area (Å²) in [6.07, 6.45) is 3.03. The molecule has 0 aliphatic rings. The van der Waals surface area contributed by atoms with Crippen molar-refractivity contribution in [2.24, 2.45) is 0 Å². The first-order valence-corrected chi connectivity index (χ1v) is 7.52. The average molecular weight is 272 g/mol. The van der Waals surface area contributed by atoms with Gasteiger partial charge in [0.1, 0.15) is 0 Å². The summed E-state index contributed by atoms with van der Waals surface area (Å²) in [6.45, 7) is 4.29. The van der Waals surface area contributed by atoms with Gasteiger partial charge in [0.25, 0.3) is 5.91 Å². The molecule has 0 bridgehead atoms. The van der Waals surface area contributed by atoms with E-state index in [0.717, 1.165) is 5.69 Å². The maximum absolute atomic E-state index is 11.8. The van der Waals surface area contributed by atoms with Crippen LogP contribution in [0.3, 0.4) is 0 Å². The SMILES string of the molecule is CCc1[nH]nc(C(=O)NCCC(C)S(C)=O)c1N. The fraction of sp³-hybridized carbons (Fsp3) is 0.636. The van der Waals surface area contributed by atoms with Gasteiger partial charge in [-0.3, -0.25) is 14.1 Å². The third kappa shape index (κ3) is 3.56. The minimum Gasteiger partial charge on any atom is -0.395 e. The minimum atomic E-state index is -0.869. The third-order valence-corrected chi connectivity index (χ3v) is 4.22. The van der Waals surface area contributed by atoms with Gasteiger partial charge in [0, 0.05) is 28.9 Å². The molecule has 6 nitrogen and oxygen atoms in total. The molecule has 0 saturated heterocycles. The number of nitrogens with zero attached hydrogens (tertiary/aromatic N) is 1. The van der Waals surface area contributed by atoms with Gasteiger partial charge in [-0.05, 0) is 12.8 Å². The highest BCUT2D eigenvalue weighted by atomic mass is 32.2. The van der Waals surface area contributed by atoms with Crippen LogP contribution in [0.4, 0.5) is 5.69 Å². The molecule has 1 heterocycles. The second-order valence-electron chi connectivity index (χ2n) is 4.17. The van der Waals surface area contributed by atoms with E-state index in [0.29, 0.717) is 25.1 Å². The molecule has 102 valence electrons. The fourth-order valence-electron chi connectivity index (χ4n) is 1.47. The molecule has 1 aromatic rings. The molecule has 0 aliphatic carbocycles. The molecule has 0 radical (unpaired) electrons. The number of carbonyl (C=O) groups is 1. The van der Waals surface area contributed by atoms with Crippen LogP contribution >= 0.6 is 0 Å². The Morgan fingerprint density at radius 3 is 2.78 bits per heavy atom. The Balaban J connectivity index is 2.50. The maximum Gasteiger partial charge on any atom is 0.273 e. The molecule has 7 heteroatoms. The predicted octanol–water partition coefficient (Wildman–Crippen LogP) is 0.441. The summed E-state index contributed by atoms with van der Waals surface area (Å²) in [4.78, 5) is 11.8. The van der Waals surface area contributed by atoms with Crippen molar-refractivity contribution in [3.05, 3.63) is 11.4 Å². The van der Waals surface area contributed by atoms with E-state index >= 15 is 0 Å². The van der Waals surface area contributed by atoms with Crippen molar-refractivity contribution >= 4 is 22.4 Å². The van der Waals surface area contributed by atoms with E-state index in [2.05, 4.69) is 15.5 Å². The first-order chi connectivity index (χ1) is 8.47. The second-order valence-corrected chi connectivity index (χ2v) is 5.97. The highest BCUT2D eigenvalue weighted by Gasteiger charge is 2.16. The van der Waals surface area contributed by atoms with E-state index in [9.17, 15) is 9.00 Å². The molecular weight excluding hydrogens is 252 g/mol. The van der Waals surface area contributed by atoms with Crippen LogP contribution in [0, 0.1) is 0 Å². The predicted molar refractivity (Wildman–Crippen MR) is 72.9 cm³/mol. The number of hydrogen-bond donors (Lipinski definition) is 3. The number of hydrogen-bond acceptors (Lipinski definition) is 4. The molecule has 0 aromatic carbocycles. The zero-order valence-electron chi connectivity index (χ0n) is 10.9. The second kappa shape index (κ2) is 6.53. The van der Waals surface area contributed by atoms with Crippen molar-refractivity contribution in [1.29, 1.82) is 0 Å². The lowest BCUT2D eigenvalue weighted by Gasteiger charge is -2.08. The van der Waals surface area contributed by atoms with Gasteiger partial charge in [0.05, 0.1) is 11.4 Å². The fourth-order valence-corrected chi connectivity index (χ4v) is 1.92. The van der Waals surface area contributed by atoms with Crippen molar-refractivity contribution < 1.29 is 9.00 Å². The van der Waals surface area contributed by atoms with Crippen LogP contribution in [0.15, 0.2) is 0 Å². The number of aromatic nitrogens is 2. The van der Waals surface area contributed by atoms with Crippen LogP contribution in [0.2, 0.25) is 0 Å². The van der Waals surface area contributed by atoms with Crippen molar-refractivity contribution in [3.8, 4) is 0 Å². The van der Waals surface area contributed by atoms with Crippen LogP contribution in [0.1, 0.15) is 36.5 Å². The molecule has 2 unspecified atom stereocenters. The lowest BCUT2D eigenvalue weighted by atomic mass is 10.2. The summed E-state index contributed by atoms with van der Waals surface area (Å²) in [5.74, 6) is -0.294. The summed E-state index contributed by atoms with van der Waals surface area (Å²) >= 11 is 0. The zero-order valence-corrected chi connectivity index (χ0v) is 11.8. The number of nitrogen functional groups attached to an aromatic ring is 1. The lowest BCUT2D eigenvalue weighted by molar-refractivity contribution is 0.0949. The molecule has 0 saturated carbocycles. The molecule has 1 rings (SSSR count). The van der Waals surface area contributed by atoms with E-state index in [1.54, 1.807) is 6.26 Å². The van der Waals surface area contributed by atoms with Gasteiger partial charge in [-0.25, -0.2) is 0 Å². The van der Waals surface area contributed by atoms with Crippen molar-refractivity contribution in [1.82, 2.24) is 15.5 Å². The molecule has 18 heavy (non-hydrogen) atoms. The largest absolute Gasteiger partial charge is 0.395 e. The van der Waals surface area contributed by atoms with Gasteiger partial charge in [-0.2, -0.15) is 5.10 Å². The third-order valence-electron chi connectivity index (χ3n) is 2.85. The van der Waals surface area contributed by atoms with E-state index in [1.165, 1.54) is 0 Å². The zero-order chi connectivity index (χ0) is 13.7. The van der Waals surface area contributed by atoms with Gasteiger partial charge < -0.3 is 11.1 Å². The van der Waals surface area contributed by atoms with Crippen LogP contribution in [0.5, 0.6) is 0 Å². The molecule has 1 amide bonds.